The van der Waals surface area contributed by atoms with Crippen LogP contribution in [0.25, 0.3) is 0 Å². The lowest BCUT2D eigenvalue weighted by atomic mass is 9.96. The Morgan fingerprint density at radius 1 is 1.50 bits per heavy atom. The van der Waals surface area contributed by atoms with Crippen molar-refractivity contribution in [1.29, 1.82) is 5.26 Å². The lowest BCUT2D eigenvalue weighted by Gasteiger charge is -2.12. The highest BCUT2D eigenvalue weighted by molar-refractivity contribution is 9.10. The Balaban J connectivity index is 2.89. The first-order chi connectivity index (χ1) is 7.69. The SMILES string of the molecule is CCOC(=O)C(CC#N)c1ccc(Br)cc1. The summed E-state index contributed by atoms with van der Waals surface area (Å²) < 4.78 is 5.88. The summed E-state index contributed by atoms with van der Waals surface area (Å²) >= 11 is 3.32. The molecule has 0 aliphatic rings. The van der Waals surface area contributed by atoms with E-state index in [4.69, 9.17) is 10.00 Å². The number of carbonyl (C=O) groups excluding carboxylic acids is 1. The number of benzene rings is 1. The van der Waals surface area contributed by atoms with Gasteiger partial charge in [0.25, 0.3) is 0 Å². The molecule has 84 valence electrons. The first kappa shape index (κ1) is 12.7. The van der Waals surface area contributed by atoms with Crippen molar-refractivity contribution in [1.82, 2.24) is 0 Å². The Bertz CT molecular complexity index is 394. The number of carbonyl (C=O) groups is 1. The second-order valence-corrected chi connectivity index (χ2v) is 4.13. The quantitative estimate of drug-likeness (QED) is 0.797. The molecule has 0 radical (unpaired) electrons. The van der Waals surface area contributed by atoms with Gasteiger partial charge >= 0.3 is 5.97 Å². The zero-order valence-corrected chi connectivity index (χ0v) is 10.5. The monoisotopic (exact) mass is 281 g/mol. The van der Waals surface area contributed by atoms with Crippen molar-refractivity contribution in [3.63, 3.8) is 0 Å². The normalized spacial score (nSPS) is 11.6. The standard InChI is InChI=1S/C12H12BrNO2/c1-2-16-12(15)11(7-8-14)9-3-5-10(13)6-4-9/h3-6,11H,2,7H2,1H3. The zero-order chi connectivity index (χ0) is 12.0. The van der Waals surface area contributed by atoms with E-state index in [0.717, 1.165) is 10.0 Å². The van der Waals surface area contributed by atoms with E-state index in [9.17, 15) is 4.79 Å². The van der Waals surface area contributed by atoms with E-state index < -0.39 is 5.92 Å². The van der Waals surface area contributed by atoms with Crippen LogP contribution in [0.1, 0.15) is 24.8 Å². The predicted octanol–water partition coefficient (Wildman–Crippen LogP) is 3.01. The van der Waals surface area contributed by atoms with Crippen LogP contribution >= 0.6 is 15.9 Å². The summed E-state index contributed by atoms with van der Waals surface area (Å²) in [6.07, 6.45) is 0.139. The Kier molecular flexibility index (Phi) is 5.00. The van der Waals surface area contributed by atoms with Gasteiger partial charge in [-0.25, -0.2) is 0 Å². The molecule has 0 saturated heterocycles. The molecule has 3 nitrogen and oxygen atoms in total. The van der Waals surface area contributed by atoms with E-state index in [0.29, 0.717) is 6.61 Å². The van der Waals surface area contributed by atoms with Gasteiger partial charge in [-0.2, -0.15) is 5.26 Å². The van der Waals surface area contributed by atoms with E-state index >= 15 is 0 Å². The highest BCUT2D eigenvalue weighted by Gasteiger charge is 2.21. The van der Waals surface area contributed by atoms with Crippen molar-refractivity contribution < 1.29 is 9.53 Å². The third-order valence-electron chi connectivity index (χ3n) is 2.14. The Morgan fingerprint density at radius 2 is 2.12 bits per heavy atom. The average Bonchev–Trinajstić information content (AvgIpc) is 2.28. The second-order valence-electron chi connectivity index (χ2n) is 3.22. The largest absolute Gasteiger partial charge is 0.465 e. The summed E-state index contributed by atoms with van der Waals surface area (Å²) in [5.41, 5.74) is 0.809. The topological polar surface area (TPSA) is 50.1 Å². The second kappa shape index (κ2) is 6.29. The summed E-state index contributed by atoms with van der Waals surface area (Å²) in [4.78, 5) is 11.6. The van der Waals surface area contributed by atoms with Crippen LogP contribution in [0.3, 0.4) is 0 Å². The van der Waals surface area contributed by atoms with Gasteiger partial charge < -0.3 is 4.74 Å². The fraction of sp³-hybridized carbons (Fsp3) is 0.333. The van der Waals surface area contributed by atoms with Gasteiger partial charge in [0.05, 0.1) is 25.0 Å². The van der Waals surface area contributed by atoms with Crippen LogP contribution in [0.2, 0.25) is 0 Å². The number of ether oxygens (including phenoxy) is 1. The van der Waals surface area contributed by atoms with Crippen LogP contribution in [0, 0.1) is 11.3 Å². The van der Waals surface area contributed by atoms with Crippen molar-refractivity contribution in [2.24, 2.45) is 0 Å². The highest BCUT2D eigenvalue weighted by Crippen LogP contribution is 2.22. The third-order valence-corrected chi connectivity index (χ3v) is 2.67. The smallest absolute Gasteiger partial charge is 0.314 e. The Hall–Kier alpha value is -1.34. The molecule has 0 amide bonds. The molecule has 16 heavy (non-hydrogen) atoms. The molecule has 4 heteroatoms. The molecule has 1 aromatic rings. The zero-order valence-electron chi connectivity index (χ0n) is 8.94. The van der Waals surface area contributed by atoms with Crippen molar-refractivity contribution in [3.8, 4) is 6.07 Å². The molecule has 0 aliphatic carbocycles. The van der Waals surface area contributed by atoms with E-state index in [1.807, 2.05) is 30.3 Å². The maximum absolute atomic E-state index is 11.6. The van der Waals surface area contributed by atoms with Gasteiger partial charge in [-0.3, -0.25) is 4.79 Å². The number of nitrogens with zero attached hydrogens (tertiary/aromatic N) is 1. The summed E-state index contributed by atoms with van der Waals surface area (Å²) in [6, 6.07) is 9.34. The molecule has 1 atom stereocenters. The molecule has 0 aromatic heterocycles. The molecule has 1 aromatic carbocycles. The molecule has 0 spiro atoms. The molecule has 0 heterocycles. The molecule has 0 N–H and O–H groups in total. The predicted molar refractivity (Wildman–Crippen MR) is 63.7 cm³/mol. The van der Waals surface area contributed by atoms with E-state index in [-0.39, 0.29) is 12.4 Å². The minimum Gasteiger partial charge on any atom is -0.465 e. The average molecular weight is 282 g/mol. The number of rotatable bonds is 4. The van der Waals surface area contributed by atoms with Crippen LogP contribution < -0.4 is 0 Å². The number of esters is 1. The molecule has 0 saturated carbocycles. The minimum absolute atomic E-state index is 0.139. The van der Waals surface area contributed by atoms with Crippen LogP contribution in [0.4, 0.5) is 0 Å². The van der Waals surface area contributed by atoms with E-state index in [1.54, 1.807) is 6.92 Å². The summed E-state index contributed by atoms with van der Waals surface area (Å²) in [6.45, 7) is 2.08. The molecule has 1 unspecified atom stereocenters. The third kappa shape index (κ3) is 3.35. The van der Waals surface area contributed by atoms with Crippen molar-refractivity contribution in [2.75, 3.05) is 6.61 Å². The van der Waals surface area contributed by atoms with Gasteiger partial charge in [-0.05, 0) is 24.6 Å². The lowest BCUT2D eigenvalue weighted by Crippen LogP contribution is -2.15. The van der Waals surface area contributed by atoms with E-state index in [1.165, 1.54) is 0 Å². The number of hydrogen-bond acceptors (Lipinski definition) is 3. The van der Waals surface area contributed by atoms with Gasteiger partial charge in [0.1, 0.15) is 0 Å². The molecule has 1 rings (SSSR count). The molecule has 0 bridgehead atoms. The number of halogens is 1. The maximum Gasteiger partial charge on any atom is 0.314 e. The fourth-order valence-electron chi connectivity index (χ4n) is 1.37. The van der Waals surface area contributed by atoms with E-state index in [2.05, 4.69) is 15.9 Å². The first-order valence-corrected chi connectivity index (χ1v) is 5.77. The summed E-state index contributed by atoms with van der Waals surface area (Å²) in [7, 11) is 0. The maximum atomic E-state index is 11.6. The number of hydrogen-bond donors (Lipinski definition) is 0. The fourth-order valence-corrected chi connectivity index (χ4v) is 1.63. The summed E-state index contributed by atoms with van der Waals surface area (Å²) in [5.74, 6) is -0.829. The van der Waals surface area contributed by atoms with Gasteiger partial charge in [-0.15, -0.1) is 0 Å². The van der Waals surface area contributed by atoms with Gasteiger partial charge in [0.2, 0.25) is 0 Å². The molecular formula is C12H12BrNO2. The van der Waals surface area contributed by atoms with Gasteiger partial charge in [-0.1, -0.05) is 28.1 Å². The Morgan fingerprint density at radius 3 is 2.62 bits per heavy atom. The van der Waals surface area contributed by atoms with Crippen LogP contribution in [0.15, 0.2) is 28.7 Å². The van der Waals surface area contributed by atoms with Crippen LogP contribution in [-0.2, 0) is 9.53 Å². The van der Waals surface area contributed by atoms with Crippen LogP contribution in [-0.4, -0.2) is 12.6 Å². The first-order valence-electron chi connectivity index (χ1n) is 4.98. The Labute approximate surface area is 103 Å². The minimum atomic E-state index is -0.488. The van der Waals surface area contributed by atoms with Crippen LogP contribution in [0.5, 0.6) is 0 Å². The van der Waals surface area contributed by atoms with Crippen molar-refractivity contribution in [3.05, 3.63) is 34.3 Å². The van der Waals surface area contributed by atoms with Crippen molar-refractivity contribution >= 4 is 21.9 Å². The van der Waals surface area contributed by atoms with Gasteiger partial charge in [0.15, 0.2) is 0 Å². The van der Waals surface area contributed by atoms with Gasteiger partial charge in [0, 0.05) is 4.47 Å². The lowest BCUT2D eigenvalue weighted by molar-refractivity contribution is -0.144. The molecular weight excluding hydrogens is 270 g/mol. The van der Waals surface area contributed by atoms with Crippen molar-refractivity contribution in [2.45, 2.75) is 19.3 Å². The number of nitriles is 1. The molecule has 0 fully saturated rings. The summed E-state index contributed by atoms with van der Waals surface area (Å²) in [5, 5.41) is 8.70. The molecule has 0 aliphatic heterocycles. The highest BCUT2D eigenvalue weighted by atomic mass is 79.9.